The van der Waals surface area contributed by atoms with Crippen LogP contribution in [-0.2, 0) is 0 Å². The standard InChI is InChI=1S/C62H44N6/c1-37-31-45(61-63-35-43-13-5-9-17-51(43)65-61)32-38(2)57(37)41-21-25-47(26-22-41)67-53-19-11-7-15-49(53)59-55(67)29-30-56-60(59)50-16-8-12-20-54(50)68(56)48-27-23-42(24-28-48)58-39(3)33-46(34-40(58)4)62-64-36-44-14-6-10-18-52(44)66-62/h5-36H,1-4H3. The van der Waals surface area contributed by atoms with Gasteiger partial charge in [0.25, 0.3) is 0 Å². The van der Waals surface area contributed by atoms with Gasteiger partial charge >= 0.3 is 0 Å². The zero-order chi connectivity index (χ0) is 45.6. The van der Waals surface area contributed by atoms with Crippen molar-refractivity contribution in [2.75, 3.05) is 0 Å². The van der Waals surface area contributed by atoms with E-state index in [-0.39, 0.29) is 0 Å². The first-order valence-corrected chi connectivity index (χ1v) is 23.2. The van der Waals surface area contributed by atoms with Crippen LogP contribution in [0, 0.1) is 27.7 Å². The highest BCUT2D eigenvalue weighted by Gasteiger charge is 2.21. The van der Waals surface area contributed by atoms with Gasteiger partial charge in [-0.15, -0.1) is 0 Å². The van der Waals surface area contributed by atoms with E-state index < -0.39 is 0 Å². The Morgan fingerprint density at radius 1 is 0.338 bits per heavy atom. The lowest BCUT2D eigenvalue weighted by Crippen LogP contribution is -1.97. The normalized spacial score (nSPS) is 11.8. The molecule has 322 valence electrons. The molecule has 6 nitrogen and oxygen atoms in total. The zero-order valence-electron chi connectivity index (χ0n) is 38.2. The van der Waals surface area contributed by atoms with E-state index in [2.05, 4.69) is 170 Å². The Bertz CT molecular complexity index is 3860. The van der Waals surface area contributed by atoms with E-state index in [0.29, 0.717) is 0 Å². The fraction of sp³-hybridized carbons (Fsp3) is 0.0645. The topological polar surface area (TPSA) is 61.4 Å². The largest absolute Gasteiger partial charge is 0.309 e. The zero-order valence-corrected chi connectivity index (χ0v) is 38.2. The van der Waals surface area contributed by atoms with Gasteiger partial charge in [-0.1, -0.05) is 97.1 Å². The summed E-state index contributed by atoms with van der Waals surface area (Å²) in [6.45, 7) is 8.75. The maximum atomic E-state index is 4.89. The lowest BCUT2D eigenvalue weighted by Gasteiger charge is -2.15. The van der Waals surface area contributed by atoms with Gasteiger partial charge in [0.2, 0.25) is 0 Å². The van der Waals surface area contributed by atoms with Crippen molar-refractivity contribution in [3.63, 3.8) is 0 Å². The minimum Gasteiger partial charge on any atom is -0.309 e. The summed E-state index contributed by atoms with van der Waals surface area (Å²) in [5.41, 5.74) is 20.6. The molecule has 0 atom stereocenters. The van der Waals surface area contributed by atoms with Crippen LogP contribution in [0.4, 0.5) is 0 Å². The van der Waals surface area contributed by atoms with Crippen molar-refractivity contribution in [3.8, 4) is 56.4 Å². The van der Waals surface area contributed by atoms with Gasteiger partial charge in [0.05, 0.1) is 33.1 Å². The Kier molecular flexibility index (Phi) is 8.99. The minimum atomic E-state index is 0.746. The first kappa shape index (κ1) is 39.6. The van der Waals surface area contributed by atoms with E-state index in [1.165, 1.54) is 88.1 Å². The van der Waals surface area contributed by atoms with Crippen LogP contribution in [0.2, 0.25) is 0 Å². The fourth-order valence-electron chi connectivity index (χ4n) is 10.9. The summed E-state index contributed by atoms with van der Waals surface area (Å²) in [4.78, 5) is 19.2. The van der Waals surface area contributed by atoms with Crippen LogP contribution in [0.15, 0.2) is 194 Å². The van der Waals surface area contributed by atoms with Crippen molar-refractivity contribution in [2.45, 2.75) is 27.7 Å². The molecule has 13 aromatic rings. The predicted molar refractivity (Wildman–Crippen MR) is 282 cm³/mol. The third-order valence-corrected chi connectivity index (χ3v) is 13.9. The lowest BCUT2D eigenvalue weighted by molar-refractivity contribution is 1.17. The third-order valence-electron chi connectivity index (χ3n) is 13.9. The predicted octanol–water partition coefficient (Wildman–Crippen LogP) is 15.7. The lowest BCUT2D eigenvalue weighted by atomic mass is 9.93. The van der Waals surface area contributed by atoms with Crippen LogP contribution in [0.1, 0.15) is 22.3 Å². The van der Waals surface area contributed by atoms with E-state index in [0.717, 1.165) is 56.0 Å². The number of aromatic nitrogens is 6. The summed E-state index contributed by atoms with van der Waals surface area (Å²) in [5.74, 6) is 1.49. The second-order valence-corrected chi connectivity index (χ2v) is 18.1. The first-order chi connectivity index (χ1) is 33.4. The monoisotopic (exact) mass is 872 g/mol. The Morgan fingerprint density at radius 3 is 1.12 bits per heavy atom. The molecule has 4 heterocycles. The molecule has 68 heavy (non-hydrogen) atoms. The van der Waals surface area contributed by atoms with Gasteiger partial charge in [0, 0.05) is 67.2 Å². The molecular weight excluding hydrogens is 829 g/mol. The van der Waals surface area contributed by atoms with E-state index in [1.54, 1.807) is 0 Å². The number of hydrogen-bond donors (Lipinski definition) is 0. The summed E-state index contributed by atoms with van der Waals surface area (Å²) in [6, 6.07) is 65.6. The first-order valence-electron chi connectivity index (χ1n) is 23.2. The van der Waals surface area contributed by atoms with Gasteiger partial charge in [0.1, 0.15) is 0 Å². The summed E-state index contributed by atoms with van der Waals surface area (Å²) < 4.78 is 4.85. The van der Waals surface area contributed by atoms with E-state index in [1.807, 2.05) is 60.9 Å². The molecular formula is C62H44N6. The Morgan fingerprint density at radius 2 is 0.706 bits per heavy atom. The van der Waals surface area contributed by atoms with Crippen molar-refractivity contribution in [2.24, 2.45) is 0 Å². The number of fused-ring (bicyclic) bond motifs is 9. The second-order valence-electron chi connectivity index (χ2n) is 18.1. The molecule has 6 heteroatoms. The molecule has 0 radical (unpaired) electrons. The molecule has 9 aromatic carbocycles. The molecule has 0 aliphatic carbocycles. The number of benzene rings is 9. The molecule has 0 aliphatic rings. The average Bonchev–Trinajstić information content (AvgIpc) is 3.89. The summed E-state index contributed by atoms with van der Waals surface area (Å²) in [6.07, 6.45) is 3.83. The van der Waals surface area contributed by atoms with Crippen LogP contribution in [0.3, 0.4) is 0 Å². The van der Waals surface area contributed by atoms with Crippen LogP contribution in [0.5, 0.6) is 0 Å². The summed E-state index contributed by atoms with van der Waals surface area (Å²) in [7, 11) is 0. The molecule has 0 amide bonds. The van der Waals surface area contributed by atoms with Crippen LogP contribution in [0.25, 0.3) is 122 Å². The van der Waals surface area contributed by atoms with Crippen molar-refractivity contribution >= 4 is 65.4 Å². The Labute approximate surface area is 393 Å². The average molecular weight is 873 g/mol. The molecule has 4 aromatic heterocycles. The fourth-order valence-corrected chi connectivity index (χ4v) is 10.9. The highest BCUT2D eigenvalue weighted by atomic mass is 15.0. The SMILES string of the molecule is Cc1cc(-c2ncc3ccccc3n2)cc(C)c1-c1ccc(-n2c3ccccc3c3c4c5ccccc5n(-c5ccc(-c6c(C)cc(-c7ncc8ccccc8n7)cc6C)cc5)c4ccc32)cc1. The molecule has 0 aliphatic heterocycles. The van der Waals surface area contributed by atoms with Crippen molar-refractivity contribution < 1.29 is 0 Å². The van der Waals surface area contributed by atoms with Gasteiger partial charge in [0.15, 0.2) is 11.6 Å². The molecule has 0 fully saturated rings. The van der Waals surface area contributed by atoms with Crippen LogP contribution < -0.4 is 0 Å². The van der Waals surface area contributed by atoms with E-state index in [9.17, 15) is 0 Å². The van der Waals surface area contributed by atoms with Crippen molar-refractivity contribution in [3.05, 3.63) is 217 Å². The third kappa shape index (κ3) is 6.25. The van der Waals surface area contributed by atoms with Gasteiger partial charge < -0.3 is 9.13 Å². The van der Waals surface area contributed by atoms with E-state index in [4.69, 9.17) is 19.9 Å². The van der Waals surface area contributed by atoms with Gasteiger partial charge in [-0.3, -0.25) is 0 Å². The highest BCUT2D eigenvalue weighted by Crippen LogP contribution is 2.43. The highest BCUT2D eigenvalue weighted by molar-refractivity contribution is 6.29. The molecule has 0 bridgehead atoms. The molecule has 0 N–H and O–H groups in total. The number of hydrogen-bond acceptors (Lipinski definition) is 4. The quantitative estimate of drug-likeness (QED) is 0.167. The van der Waals surface area contributed by atoms with Crippen molar-refractivity contribution in [1.82, 2.24) is 29.1 Å². The Hall–Kier alpha value is -8.74. The van der Waals surface area contributed by atoms with Gasteiger partial charge in [-0.25, -0.2) is 19.9 Å². The minimum absolute atomic E-state index is 0.746. The number of rotatable bonds is 6. The smallest absolute Gasteiger partial charge is 0.159 e. The molecule has 0 unspecified atom stereocenters. The van der Waals surface area contributed by atoms with Crippen LogP contribution >= 0.6 is 0 Å². The van der Waals surface area contributed by atoms with Crippen molar-refractivity contribution in [1.29, 1.82) is 0 Å². The number of nitrogens with zero attached hydrogens (tertiary/aromatic N) is 6. The summed E-state index contributed by atoms with van der Waals surface area (Å²) >= 11 is 0. The number of aryl methyl sites for hydroxylation is 4. The summed E-state index contributed by atoms with van der Waals surface area (Å²) in [5, 5.41) is 7.07. The maximum Gasteiger partial charge on any atom is 0.159 e. The van der Waals surface area contributed by atoms with Gasteiger partial charge in [-0.05, 0) is 157 Å². The van der Waals surface area contributed by atoms with E-state index >= 15 is 0 Å². The number of para-hydroxylation sites is 4. The Balaban J connectivity index is 0.880. The molecule has 0 saturated carbocycles. The maximum absolute atomic E-state index is 4.89. The molecule has 13 rings (SSSR count). The van der Waals surface area contributed by atoms with Crippen LogP contribution in [-0.4, -0.2) is 29.1 Å². The molecule has 0 spiro atoms. The second kappa shape index (κ2) is 15.4. The molecule has 0 saturated heterocycles. The van der Waals surface area contributed by atoms with Gasteiger partial charge in [-0.2, -0.15) is 0 Å².